The Morgan fingerprint density at radius 2 is 1.95 bits per heavy atom. The number of nitrogens with two attached hydrogens (primary N) is 1. The molecule has 0 bridgehead atoms. The van der Waals surface area contributed by atoms with Gasteiger partial charge in [-0.05, 0) is 51.2 Å². The second kappa shape index (κ2) is 11.1. The van der Waals surface area contributed by atoms with Crippen molar-refractivity contribution in [1.29, 1.82) is 0 Å². The summed E-state index contributed by atoms with van der Waals surface area (Å²) in [6.45, 7) is 7.14. The third kappa shape index (κ3) is 7.85. The summed E-state index contributed by atoms with van der Waals surface area (Å²) in [6.07, 6.45) is 9.06. The van der Waals surface area contributed by atoms with E-state index < -0.39 is 0 Å². The molecule has 1 aliphatic rings. The molecule has 4 heteroatoms. The Morgan fingerprint density at radius 1 is 1.20 bits per heavy atom. The van der Waals surface area contributed by atoms with Crippen LogP contribution in [0.15, 0.2) is 0 Å². The number of nitrogens with one attached hydrogen (secondary N) is 1. The molecule has 20 heavy (non-hydrogen) atoms. The molecule has 1 atom stereocenters. The highest BCUT2D eigenvalue weighted by Gasteiger charge is 2.12. The van der Waals surface area contributed by atoms with E-state index in [0.717, 1.165) is 32.5 Å². The van der Waals surface area contributed by atoms with Gasteiger partial charge in [-0.15, -0.1) is 0 Å². The SMILES string of the molecule is CCCC(CCN)CCC(=O)NCCN1CCCCC1. The summed E-state index contributed by atoms with van der Waals surface area (Å²) in [4.78, 5) is 14.3. The number of rotatable bonds is 10. The van der Waals surface area contributed by atoms with E-state index in [0.29, 0.717) is 12.3 Å². The second-order valence-electron chi connectivity index (χ2n) is 6.02. The van der Waals surface area contributed by atoms with Gasteiger partial charge in [0, 0.05) is 19.5 Å². The number of amides is 1. The van der Waals surface area contributed by atoms with Gasteiger partial charge < -0.3 is 16.0 Å². The Labute approximate surface area is 124 Å². The van der Waals surface area contributed by atoms with Crippen LogP contribution in [0.5, 0.6) is 0 Å². The summed E-state index contributed by atoms with van der Waals surface area (Å²) >= 11 is 0. The van der Waals surface area contributed by atoms with Gasteiger partial charge in [-0.3, -0.25) is 4.79 Å². The van der Waals surface area contributed by atoms with Crippen molar-refractivity contribution in [3.05, 3.63) is 0 Å². The van der Waals surface area contributed by atoms with Crippen molar-refractivity contribution in [2.45, 2.75) is 58.3 Å². The van der Waals surface area contributed by atoms with Crippen molar-refractivity contribution in [3.63, 3.8) is 0 Å². The molecule has 1 heterocycles. The van der Waals surface area contributed by atoms with Crippen LogP contribution in [0.3, 0.4) is 0 Å². The Kier molecular flexibility index (Phi) is 9.67. The van der Waals surface area contributed by atoms with E-state index in [9.17, 15) is 4.79 Å². The van der Waals surface area contributed by atoms with Gasteiger partial charge in [0.1, 0.15) is 0 Å². The molecule has 0 radical (unpaired) electrons. The van der Waals surface area contributed by atoms with E-state index in [-0.39, 0.29) is 5.91 Å². The quantitative estimate of drug-likeness (QED) is 0.646. The second-order valence-corrected chi connectivity index (χ2v) is 6.02. The van der Waals surface area contributed by atoms with Gasteiger partial charge in [0.15, 0.2) is 0 Å². The molecule has 0 spiro atoms. The first-order chi connectivity index (χ1) is 9.76. The molecule has 0 aliphatic carbocycles. The van der Waals surface area contributed by atoms with E-state index in [4.69, 9.17) is 5.73 Å². The predicted molar refractivity (Wildman–Crippen MR) is 84.6 cm³/mol. The van der Waals surface area contributed by atoms with E-state index in [1.54, 1.807) is 0 Å². The zero-order valence-electron chi connectivity index (χ0n) is 13.2. The molecule has 3 N–H and O–H groups in total. The molecular formula is C16H33N3O. The maximum Gasteiger partial charge on any atom is 0.220 e. The lowest BCUT2D eigenvalue weighted by Crippen LogP contribution is -2.37. The highest BCUT2D eigenvalue weighted by molar-refractivity contribution is 5.75. The fourth-order valence-electron chi connectivity index (χ4n) is 3.04. The monoisotopic (exact) mass is 283 g/mol. The van der Waals surface area contributed by atoms with Crippen LogP contribution in [0.25, 0.3) is 0 Å². The van der Waals surface area contributed by atoms with Crippen molar-refractivity contribution >= 4 is 5.91 Å². The summed E-state index contributed by atoms with van der Waals surface area (Å²) in [6, 6.07) is 0. The van der Waals surface area contributed by atoms with Gasteiger partial charge in [-0.2, -0.15) is 0 Å². The highest BCUT2D eigenvalue weighted by atomic mass is 16.1. The zero-order chi connectivity index (χ0) is 14.6. The number of likely N-dealkylation sites (tertiary alicyclic amines) is 1. The summed E-state index contributed by atoms with van der Waals surface area (Å²) in [5.41, 5.74) is 5.62. The van der Waals surface area contributed by atoms with Crippen LogP contribution in [0, 0.1) is 5.92 Å². The number of piperidine rings is 1. The van der Waals surface area contributed by atoms with Gasteiger partial charge in [-0.25, -0.2) is 0 Å². The molecule has 0 aromatic heterocycles. The molecule has 118 valence electrons. The number of carbonyl (C=O) groups excluding carboxylic acids is 1. The summed E-state index contributed by atoms with van der Waals surface area (Å²) in [5.74, 6) is 0.831. The summed E-state index contributed by atoms with van der Waals surface area (Å²) < 4.78 is 0. The number of nitrogens with zero attached hydrogens (tertiary/aromatic N) is 1. The van der Waals surface area contributed by atoms with Gasteiger partial charge in [0.25, 0.3) is 0 Å². The Bertz CT molecular complexity index is 246. The highest BCUT2D eigenvalue weighted by Crippen LogP contribution is 2.16. The lowest BCUT2D eigenvalue weighted by Gasteiger charge is -2.26. The van der Waals surface area contributed by atoms with E-state index >= 15 is 0 Å². The van der Waals surface area contributed by atoms with Crippen molar-refractivity contribution in [2.75, 3.05) is 32.7 Å². The molecule has 4 nitrogen and oxygen atoms in total. The van der Waals surface area contributed by atoms with Crippen LogP contribution in [-0.4, -0.2) is 43.5 Å². The molecule has 1 aliphatic heterocycles. The van der Waals surface area contributed by atoms with Gasteiger partial charge in [-0.1, -0.05) is 26.2 Å². The number of carbonyl (C=O) groups is 1. The molecule has 1 rings (SSSR count). The maximum atomic E-state index is 11.8. The fraction of sp³-hybridized carbons (Fsp3) is 0.938. The minimum atomic E-state index is 0.208. The van der Waals surface area contributed by atoms with Crippen molar-refractivity contribution in [2.24, 2.45) is 11.7 Å². The van der Waals surface area contributed by atoms with Crippen molar-refractivity contribution in [1.82, 2.24) is 10.2 Å². The van der Waals surface area contributed by atoms with E-state index in [1.165, 1.54) is 45.2 Å². The van der Waals surface area contributed by atoms with Crippen LogP contribution in [0.2, 0.25) is 0 Å². The van der Waals surface area contributed by atoms with Crippen LogP contribution in [0.4, 0.5) is 0 Å². The number of hydrogen-bond donors (Lipinski definition) is 2. The van der Waals surface area contributed by atoms with Crippen LogP contribution < -0.4 is 11.1 Å². The minimum absolute atomic E-state index is 0.208. The third-order valence-corrected chi connectivity index (χ3v) is 4.25. The van der Waals surface area contributed by atoms with Gasteiger partial charge in [0.2, 0.25) is 5.91 Å². The molecule has 1 saturated heterocycles. The Balaban J connectivity index is 2.06. The van der Waals surface area contributed by atoms with Crippen LogP contribution >= 0.6 is 0 Å². The molecule has 1 fully saturated rings. The molecule has 1 amide bonds. The van der Waals surface area contributed by atoms with E-state index in [1.807, 2.05) is 0 Å². The maximum absolute atomic E-state index is 11.8. The first kappa shape index (κ1) is 17.4. The number of hydrogen-bond acceptors (Lipinski definition) is 3. The topological polar surface area (TPSA) is 58.4 Å². The fourth-order valence-corrected chi connectivity index (χ4v) is 3.04. The van der Waals surface area contributed by atoms with Gasteiger partial charge in [0.05, 0.1) is 0 Å². The summed E-state index contributed by atoms with van der Waals surface area (Å²) in [7, 11) is 0. The normalized spacial score (nSPS) is 17.9. The zero-order valence-corrected chi connectivity index (χ0v) is 13.2. The smallest absolute Gasteiger partial charge is 0.220 e. The van der Waals surface area contributed by atoms with Crippen LogP contribution in [0.1, 0.15) is 58.3 Å². The third-order valence-electron chi connectivity index (χ3n) is 4.25. The van der Waals surface area contributed by atoms with Crippen LogP contribution in [-0.2, 0) is 4.79 Å². The molecule has 1 unspecified atom stereocenters. The van der Waals surface area contributed by atoms with E-state index in [2.05, 4.69) is 17.1 Å². The predicted octanol–water partition coefficient (Wildman–Crippen LogP) is 2.13. The molecular weight excluding hydrogens is 250 g/mol. The summed E-state index contributed by atoms with van der Waals surface area (Å²) in [5, 5.41) is 3.06. The average molecular weight is 283 g/mol. The Hall–Kier alpha value is -0.610. The largest absolute Gasteiger partial charge is 0.355 e. The lowest BCUT2D eigenvalue weighted by atomic mass is 9.94. The standard InChI is InChI=1S/C16H33N3O/c1-2-6-15(9-10-17)7-8-16(20)18-11-14-19-12-4-3-5-13-19/h15H,2-14,17H2,1H3,(H,18,20). The molecule has 0 aromatic rings. The van der Waals surface area contributed by atoms with Crippen molar-refractivity contribution < 1.29 is 4.79 Å². The first-order valence-corrected chi connectivity index (χ1v) is 8.45. The minimum Gasteiger partial charge on any atom is -0.355 e. The van der Waals surface area contributed by atoms with Crippen molar-refractivity contribution in [3.8, 4) is 0 Å². The lowest BCUT2D eigenvalue weighted by molar-refractivity contribution is -0.121. The van der Waals surface area contributed by atoms with Gasteiger partial charge >= 0.3 is 0 Å². The molecule has 0 aromatic carbocycles. The Morgan fingerprint density at radius 3 is 2.60 bits per heavy atom. The molecule has 0 saturated carbocycles. The average Bonchev–Trinajstić information content (AvgIpc) is 2.46. The first-order valence-electron chi connectivity index (χ1n) is 8.45.